The van der Waals surface area contributed by atoms with Crippen LogP contribution in [0.15, 0.2) is 55.6 Å². The highest BCUT2D eigenvalue weighted by Crippen LogP contribution is 2.66. The topological polar surface area (TPSA) is 81.2 Å². The van der Waals surface area contributed by atoms with Crippen LogP contribution in [-0.4, -0.2) is 80.9 Å². The van der Waals surface area contributed by atoms with Crippen molar-refractivity contribution in [3.8, 4) is 0 Å². The molecule has 2 unspecified atom stereocenters. The summed E-state index contributed by atoms with van der Waals surface area (Å²) in [5.41, 5.74) is 0.782. The van der Waals surface area contributed by atoms with Crippen molar-refractivity contribution in [2.45, 2.75) is 61.6 Å². The molecule has 1 spiro atoms. The third-order valence-corrected chi connectivity index (χ3v) is 9.96. The highest BCUT2D eigenvalue weighted by atomic mass is 32.2. The number of hydrogen-bond donors (Lipinski definition) is 1. The highest BCUT2D eigenvalue weighted by Gasteiger charge is 2.74. The van der Waals surface area contributed by atoms with Crippen molar-refractivity contribution in [1.29, 1.82) is 0 Å². The molecule has 3 aliphatic rings. The molecule has 3 fully saturated rings. The predicted octanol–water partition coefficient (Wildman–Crippen LogP) is 3.49. The van der Waals surface area contributed by atoms with Crippen LogP contribution in [0, 0.1) is 11.8 Å². The Labute approximate surface area is 224 Å². The molecule has 8 heteroatoms. The minimum absolute atomic E-state index is 0.000673. The zero-order chi connectivity index (χ0) is 26.7. The number of thioether (sulfide) groups is 1. The van der Waals surface area contributed by atoms with Gasteiger partial charge in [0.25, 0.3) is 0 Å². The molecule has 5 atom stereocenters. The van der Waals surface area contributed by atoms with Crippen LogP contribution in [-0.2, 0) is 14.4 Å². The number of aliphatic hydroxyl groups excluding tert-OH is 1. The molecule has 1 aromatic carbocycles. The van der Waals surface area contributed by atoms with Gasteiger partial charge in [-0.1, -0.05) is 30.4 Å². The quantitative estimate of drug-likeness (QED) is 0.334. The largest absolute Gasteiger partial charge is 0.396 e. The van der Waals surface area contributed by atoms with Crippen LogP contribution in [0.25, 0.3) is 0 Å². The first-order valence-electron chi connectivity index (χ1n) is 13.3. The van der Waals surface area contributed by atoms with Crippen molar-refractivity contribution in [3.05, 3.63) is 55.6 Å². The molecule has 3 saturated heterocycles. The predicted molar refractivity (Wildman–Crippen MR) is 148 cm³/mol. The van der Waals surface area contributed by atoms with Gasteiger partial charge in [-0.15, -0.1) is 24.9 Å². The van der Waals surface area contributed by atoms with E-state index in [1.807, 2.05) is 44.2 Å². The smallest absolute Gasteiger partial charge is 0.247 e. The van der Waals surface area contributed by atoms with Crippen LogP contribution in [0.1, 0.15) is 39.5 Å². The van der Waals surface area contributed by atoms with E-state index in [0.29, 0.717) is 32.5 Å². The van der Waals surface area contributed by atoms with Gasteiger partial charge in [0.1, 0.15) is 6.04 Å². The van der Waals surface area contributed by atoms with E-state index >= 15 is 0 Å². The maximum atomic E-state index is 14.2. The van der Waals surface area contributed by atoms with Crippen LogP contribution in [0.2, 0.25) is 0 Å². The second kappa shape index (κ2) is 11.4. The van der Waals surface area contributed by atoms with Gasteiger partial charge >= 0.3 is 0 Å². The van der Waals surface area contributed by atoms with Crippen molar-refractivity contribution in [1.82, 2.24) is 9.80 Å². The minimum Gasteiger partial charge on any atom is -0.396 e. The summed E-state index contributed by atoms with van der Waals surface area (Å²) < 4.78 is -0.622. The number of amides is 3. The van der Waals surface area contributed by atoms with Crippen LogP contribution in [0.4, 0.5) is 5.69 Å². The molecule has 1 aromatic rings. The van der Waals surface area contributed by atoms with Gasteiger partial charge in [-0.2, -0.15) is 0 Å². The lowest BCUT2D eigenvalue weighted by atomic mass is 9.70. The minimum atomic E-state index is -0.622. The molecule has 2 bridgehead atoms. The second-order valence-corrected chi connectivity index (χ2v) is 12.1. The van der Waals surface area contributed by atoms with Crippen LogP contribution >= 0.6 is 11.8 Å². The van der Waals surface area contributed by atoms with Gasteiger partial charge < -0.3 is 19.8 Å². The molecule has 4 rings (SSSR count). The fourth-order valence-corrected chi connectivity index (χ4v) is 8.65. The summed E-state index contributed by atoms with van der Waals surface area (Å²) >= 11 is 1.69. The fraction of sp³-hybridized carbons (Fsp3) is 0.552. The number of aliphatic hydroxyl groups is 1. The summed E-state index contributed by atoms with van der Waals surface area (Å²) in [5.74, 6) is -1.27. The first-order valence-corrected chi connectivity index (χ1v) is 14.2. The third-order valence-electron chi connectivity index (χ3n) is 8.00. The van der Waals surface area contributed by atoms with Gasteiger partial charge in [0.05, 0.1) is 16.6 Å². The Morgan fingerprint density at radius 3 is 2.49 bits per heavy atom. The molecule has 3 heterocycles. The highest BCUT2D eigenvalue weighted by molar-refractivity contribution is 8.02. The van der Waals surface area contributed by atoms with Crippen molar-refractivity contribution >= 4 is 35.2 Å². The zero-order valence-electron chi connectivity index (χ0n) is 21.9. The number of hydrogen-bond acceptors (Lipinski definition) is 5. The molecule has 0 radical (unpaired) electrons. The summed E-state index contributed by atoms with van der Waals surface area (Å²) in [6.07, 6.45) is 6.14. The average Bonchev–Trinajstić information content (AvgIpc) is 3.53. The number of unbranched alkanes of at least 4 members (excludes halogenated alkanes) is 1. The molecule has 0 aliphatic carbocycles. The van der Waals surface area contributed by atoms with E-state index in [1.165, 1.54) is 0 Å². The average molecular weight is 526 g/mol. The summed E-state index contributed by atoms with van der Waals surface area (Å²) in [6.45, 7) is 12.8. The Hall–Kier alpha value is -2.58. The normalized spacial score (nSPS) is 27.9. The molecule has 3 amide bonds. The first kappa shape index (κ1) is 27.5. The number of carbonyl (C=O) groups is 3. The number of anilines is 1. The Balaban J connectivity index is 1.73. The van der Waals surface area contributed by atoms with Crippen molar-refractivity contribution in [2.75, 3.05) is 31.1 Å². The maximum Gasteiger partial charge on any atom is 0.247 e. The summed E-state index contributed by atoms with van der Waals surface area (Å²) in [5, 5.41) is 9.36. The molecule has 1 N–H and O–H groups in total. The summed E-state index contributed by atoms with van der Waals surface area (Å²) in [6, 6.07) is 8.84. The van der Waals surface area contributed by atoms with E-state index in [9.17, 15) is 19.5 Å². The Morgan fingerprint density at radius 2 is 1.86 bits per heavy atom. The van der Waals surface area contributed by atoms with Gasteiger partial charge in [-0.3, -0.25) is 14.4 Å². The first-order chi connectivity index (χ1) is 17.8. The van der Waals surface area contributed by atoms with Crippen molar-refractivity contribution in [2.24, 2.45) is 11.8 Å². The molecule has 200 valence electrons. The number of benzene rings is 1. The number of nitrogens with zero attached hydrogens (tertiary/aromatic N) is 3. The van der Waals surface area contributed by atoms with Gasteiger partial charge in [0.15, 0.2) is 0 Å². The van der Waals surface area contributed by atoms with E-state index in [4.69, 9.17) is 0 Å². The number of rotatable bonds is 12. The van der Waals surface area contributed by atoms with E-state index in [2.05, 4.69) is 13.2 Å². The van der Waals surface area contributed by atoms with Crippen LogP contribution in [0.3, 0.4) is 0 Å². The van der Waals surface area contributed by atoms with Crippen LogP contribution < -0.4 is 4.90 Å². The van der Waals surface area contributed by atoms with Gasteiger partial charge in [0, 0.05) is 43.2 Å². The number of likely N-dealkylation sites (tertiary alicyclic amines) is 1. The third kappa shape index (κ3) is 4.74. The summed E-state index contributed by atoms with van der Waals surface area (Å²) in [7, 11) is 0. The van der Waals surface area contributed by atoms with E-state index in [-0.39, 0.29) is 35.6 Å². The maximum absolute atomic E-state index is 14.2. The fourth-order valence-electron chi connectivity index (χ4n) is 6.44. The molecule has 0 saturated carbocycles. The Bertz CT molecular complexity index is 1030. The van der Waals surface area contributed by atoms with Gasteiger partial charge in [0.2, 0.25) is 17.7 Å². The number of fused-ring (bicyclic) bond motifs is 1. The molecule has 3 aliphatic heterocycles. The van der Waals surface area contributed by atoms with E-state index in [0.717, 1.165) is 18.5 Å². The SMILES string of the molecule is C=CCN(C(=O)[C@@H]1[C@@H]2CCC3(S2)C(C(=O)N(CC=C)C(C)C)N(CCCCO)C(=O)[C@H]13)c1ccccc1. The van der Waals surface area contributed by atoms with Gasteiger partial charge in [-0.25, -0.2) is 0 Å². The molecular weight excluding hydrogens is 486 g/mol. The second-order valence-electron chi connectivity index (χ2n) is 10.5. The lowest BCUT2D eigenvalue weighted by Crippen LogP contribution is -2.56. The van der Waals surface area contributed by atoms with E-state index < -0.39 is 22.6 Å². The number of para-hydroxylation sites is 1. The molecular formula is C29H39N3O4S. The lowest BCUT2D eigenvalue weighted by molar-refractivity contribution is -0.143. The Kier molecular flexibility index (Phi) is 8.49. The van der Waals surface area contributed by atoms with Crippen molar-refractivity contribution < 1.29 is 19.5 Å². The van der Waals surface area contributed by atoms with Gasteiger partial charge in [-0.05, 0) is 51.7 Å². The Morgan fingerprint density at radius 1 is 1.16 bits per heavy atom. The summed E-state index contributed by atoms with van der Waals surface area (Å²) in [4.78, 5) is 47.7. The zero-order valence-corrected chi connectivity index (χ0v) is 22.7. The number of carbonyl (C=O) groups excluding carboxylic acids is 3. The van der Waals surface area contributed by atoms with Crippen molar-refractivity contribution in [3.63, 3.8) is 0 Å². The van der Waals surface area contributed by atoms with Crippen LogP contribution in [0.5, 0.6) is 0 Å². The van der Waals surface area contributed by atoms with E-state index in [1.54, 1.807) is 38.6 Å². The monoisotopic (exact) mass is 525 g/mol. The molecule has 7 nitrogen and oxygen atoms in total. The molecule has 37 heavy (non-hydrogen) atoms. The standard InChI is InChI=1S/C29H39N3O4S/c1-5-16-30(20(3)4)28(36)25-29-15-14-22(37-29)23(24(29)27(35)32(25)18-10-11-19-33)26(34)31(17-6-2)21-12-8-7-9-13-21/h5-9,12-13,20,22-25,33H,1-2,10-11,14-19H2,3-4H3/t22-,23+,24-,25?,29?/m0/s1. The molecule has 0 aromatic heterocycles. The lowest BCUT2D eigenvalue weighted by Gasteiger charge is -2.38.